The van der Waals surface area contributed by atoms with Crippen molar-refractivity contribution in [1.82, 2.24) is 5.32 Å². The first-order valence-electron chi connectivity index (χ1n) is 8.85. The molecule has 1 saturated carbocycles. The molecule has 2 atom stereocenters. The number of nitrogens with two attached hydrogens (primary N) is 1. The lowest BCUT2D eigenvalue weighted by atomic mass is 9.97. The van der Waals surface area contributed by atoms with E-state index in [1.807, 2.05) is 0 Å². The molecule has 1 heterocycles. The van der Waals surface area contributed by atoms with E-state index < -0.39 is 0 Å². The molecular formula is C18H25N4O3+. The molecule has 1 saturated heterocycles. The molecule has 0 radical (unpaired) electrons. The highest BCUT2D eigenvalue weighted by molar-refractivity contribution is 6.04. The Morgan fingerprint density at radius 1 is 1.16 bits per heavy atom. The molecule has 1 unspecified atom stereocenters. The number of hydrogen-bond acceptors (Lipinski definition) is 3. The van der Waals surface area contributed by atoms with E-state index in [0.717, 1.165) is 37.1 Å². The van der Waals surface area contributed by atoms with E-state index in [0.29, 0.717) is 17.8 Å². The van der Waals surface area contributed by atoms with Gasteiger partial charge in [-0.3, -0.25) is 14.4 Å². The third-order valence-corrected chi connectivity index (χ3v) is 4.79. The number of carbonyl (C=O) groups is 3. The Balaban J connectivity index is 1.59. The molecule has 1 aliphatic carbocycles. The molecule has 25 heavy (non-hydrogen) atoms. The highest BCUT2D eigenvalue weighted by Gasteiger charge is 2.29. The normalized spacial score (nSPS) is 22.9. The van der Waals surface area contributed by atoms with Gasteiger partial charge in [0.05, 0.1) is 30.3 Å². The van der Waals surface area contributed by atoms with Gasteiger partial charge in [-0.2, -0.15) is 0 Å². The molecule has 0 spiro atoms. The number of benzene rings is 1. The highest BCUT2D eigenvalue weighted by atomic mass is 16.2. The number of piperidine rings is 1. The van der Waals surface area contributed by atoms with Crippen molar-refractivity contribution >= 4 is 23.4 Å². The summed E-state index contributed by atoms with van der Waals surface area (Å²) in [7, 11) is 0. The summed E-state index contributed by atoms with van der Waals surface area (Å²) < 4.78 is 0. The predicted molar refractivity (Wildman–Crippen MR) is 93.0 cm³/mol. The van der Waals surface area contributed by atoms with Crippen LogP contribution in [0.2, 0.25) is 0 Å². The van der Waals surface area contributed by atoms with Gasteiger partial charge in [0, 0.05) is 6.04 Å². The Bertz CT molecular complexity index is 672. The first-order chi connectivity index (χ1) is 12.0. The van der Waals surface area contributed by atoms with E-state index in [2.05, 4.69) is 10.6 Å². The van der Waals surface area contributed by atoms with Crippen molar-refractivity contribution in [1.29, 1.82) is 0 Å². The van der Waals surface area contributed by atoms with E-state index in [-0.39, 0.29) is 36.2 Å². The number of rotatable bonds is 6. The van der Waals surface area contributed by atoms with Gasteiger partial charge in [-0.1, -0.05) is 12.1 Å². The summed E-state index contributed by atoms with van der Waals surface area (Å²) in [6.07, 6.45) is 3.71. The molecular weight excluding hydrogens is 320 g/mol. The number of carbonyl (C=O) groups excluding carboxylic acids is 3. The molecule has 0 bridgehead atoms. The van der Waals surface area contributed by atoms with Crippen molar-refractivity contribution in [2.75, 3.05) is 25.0 Å². The zero-order chi connectivity index (χ0) is 17.8. The van der Waals surface area contributed by atoms with Crippen LogP contribution >= 0.6 is 0 Å². The van der Waals surface area contributed by atoms with Crippen molar-refractivity contribution in [2.45, 2.75) is 31.7 Å². The first-order valence-corrected chi connectivity index (χ1v) is 8.85. The van der Waals surface area contributed by atoms with Crippen LogP contribution in [0.3, 0.4) is 0 Å². The molecule has 1 aliphatic heterocycles. The maximum atomic E-state index is 12.4. The van der Waals surface area contributed by atoms with Gasteiger partial charge < -0.3 is 21.3 Å². The second-order valence-corrected chi connectivity index (χ2v) is 6.96. The summed E-state index contributed by atoms with van der Waals surface area (Å²) in [5.74, 6) is -0.767. The Hall–Kier alpha value is -2.41. The largest absolute Gasteiger partial charge is 0.369 e. The minimum absolute atomic E-state index is 0.155. The second kappa shape index (κ2) is 7.65. The Kier molecular flexibility index (Phi) is 5.33. The summed E-state index contributed by atoms with van der Waals surface area (Å²) in [6.45, 7) is 1.70. The molecule has 2 aliphatic rings. The summed E-state index contributed by atoms with van der Waals surface area (Å²) in [4.78, 5) is 37.1. The third-order valence-electron chi connectivity index (χ3n) is 4.79. The van der Waals surface area contributed by atoms with E-state index in [4.69, 9.17) is 5.73 Å². The zero-order valence-electron chi connectivity index (χ0n) is 14.2. The van der Waals surface area contributed by atoms with E-state index in [1.54, 1.807) is 24.3 Å². The number of quaternary nitrogens is 1. The van der Waals surface area contributed by atoms with E-state index in [9.17, 15) is 14.4 Å². The quantitative estimate of drug-likeness (QED) is 0.548. The van der Waals surface area contributed by atoms with E-state index in [1.165, 1.54) is 0 Å². The zero-order valence-corrected chi connectivity index (χ0v) is 14.2. The number of hydrogen-bond donors (Lipinski definition) is 4. The third kappa shape index (κ3) is 4.79. The van der Waals surface area contributed by atoms with E-state index >= 15 is 0 Å². The number of anilines is 1. The topological polar surface area (TPSA) is 106 Å². The van der Waals surface area contributed by atoms with Crippen molar-refractivity contribution in [2.24, 2.45) is 11.7 Å². The van der Waals surface area contributed by atoms with Gasteiger partial charge in [-0.15, -0.1) is 0 Å². The van der Waals surface area contributed by atoms with Crippen LogP contribution in [0.5, 0.6) is 0 Å². The predicted octanol–water partition coefficient (Wildman–Crippen LogP) is -0.702. The Morgan fingerprint density at radius 3 is 2.64 bits per heavy atom. The average Bonchev–Trinajstić information content (AvgIpc) is 3.39. The molecule has 2 fully saturated rings. The van der Waals surface area contributed by atoms with Crippen LogP contribution in [0.1, 0.15) is 36.0 Å². The molecule has 3 rings (SSSR count). The maximum Gasteiger partial charge on any atom is 0.279 e. The lowest BCUT2D eigenvalue weighted by Crippen LogP contribution is -3.14. The summed E-state index contributed by atoms with van der Waals surface area (Å²) >= 11 is 0. The van der Waals surface area contributed by atoms with Gasteiger partial charge in [0.2, 0.25) is 5.91 Å². The monoisotopic (exact) mass is 345 g/mol. The summed E-state index contributed by atoms with van der Waals surface area (Å²) in [5, 5.41) is 5.78. The summed E-state index contributed by atoms with van der Waals surface area (Å²) in [6, 6.07) is 7.28. The Labute approximate surface area is 146 Å². The molecule has 5 N–H and O–H groups in total. The van der Waals surface area contributed by atoms with Crippen molar-refractivity contribution in [3.8, 4) is 0 Å². The van der Waals surface area contributed by atoms with Crippen molar-refractivity contribution in [3.63, 3.8) is 0 Å². The van der Waals surface area contributed by atoms with Gasteiger partial charge >= 0.3 is 0 Å². The summed E-state index contributed by atoms with van der Waals surface area (Å²) in [5.41, 5.74) is 6.38. The first kappa shape index (κ1) is 17.4. The maximum absolute atomic E-state index is 12.4. The van der Waals surface area contributed by atoms with Crippen LogP contribution in [-0.2, 0) is 9.59 Å². The fraction of sp³-hybridized carbons (Fsp3) is 0.500. The fourth-order valence-electron chi connectivity index (χ4n) is 3.26. The fourth-order valence-corrected chi connectivity index (χ4v) is 3.26. The van der Waals surface area contributed by atoms with Crippen LogP contribution in [0.15, 0.2) is 24.3 Å². The molecule has 1 aromatic carbocycles. The van der Waals surface area contributed by atoms with Crippen LogP contribution in [-0.4, -0.2) is 43.4 Å². The molecule has 0 aromatic heterocycles. The van der Waals surface area contributed by atoms with Crippen molar-refractivity contribution < 1.29 is 19.3 Å². The molecule has 3 amide bonds. The number of para-hydroxylation sites is 1. The van der Waals surface area contributed by atoms with Crippen LogP contribution in [0.25, 0.3) is 0 Å². The standard InChI is InChI=1S/C18H24N4O3/c19-17(24)12-4-3-9-22(10-12)11-16(23)21-15-6-2-1-5-14(15)18(25)20-13-7-8-13/h1-2,5-6,12-13H,3-4,7-11H2,(H2,19,24)(H,20,25)(H,21,23)/p+1/t12-/m1/s1. The SMILES string of the molecule is NC(=O)[C@@H]1CCC[NH+](CC(=O)Nc2ccccc2C(=O)NC2CC2)C1. The van der Waals surface area contributed by atoms with Crippen LogP contribution in [0.4, 0.5) is 5.69 Å². The minimum atomic E-state index is -0.292. The van der Waals surface area contributed by atoms with Crippen molar-refractivity contribution in [3.05, 3.63) is 29.8 Å². The number of nitrogens with one attached hydrogen (secondary N) is 3. The van der Waals surface area contributed by atoms with Crippen LogP contribution in [0, 0.1) is 5.92 Å². The molecule has 1 aromatic rings. The lowest BCUT2D eigenvalue weighted by molar-refractivity contribution is -0.899. The van der Waals surface area contributed by atoms with Gasteiger partial charge in [-0.25, -0.2) is 0 Å². The lowest BCUT2D eigenvalue weighted by Gasteiger charge is -2.27. The number of likely N-dealkylation sites (tertiary alicyclic amines) is 1. The van der Waals surface area contributed by atoms with Gasteiger partial charge in [0.1, 0.15) is 0 Å². The van der Waals surface area contributed by atoms with Gasteiger partial charge in [-0.05, 0) is 37.8 Å². The van der Waals surface area contributed by atoms with Crippen LogP contribution < -0.4 is 21.3 Å². The Morgan fingerprint density at radius 2 is 1.92 bits per heavy atom. The molecule has 7 heteroatoms. The highest BCUT2D eigenvalue weighted by Crippen LogP contribution is 2.21. The number of primary amides is 1. The van der Waals surface area contributed by atoms with Gasteiger partial charge in [0.25, 0.3) is 11.8 Å². The second-order valence-electron chi connectivity index (χ2n) is 6.96. The smallest absolute Gasteiger partial charge is 0.279 e. The molecule has 134 valence electrons. The number of amides is 3. The van der Waals surface area contributed by atoms with Gasteiger partial charge in [0.15, 0.2) is 6.54 Å². The minimum Gasteiger partial charge on any atom is -0.369 e. The average molecular weight is 345 g/mol. The molecule has 7 nitrogen and oxygen atoms in total.